The molecule has 1 aliphatic carbocycles. The lowest BCUT2D eigenvalue weighted by molar-refractivity contribution is -0.134. The molecule has 0 spiro atoms. The Kier molecular flexibility index (Phi) is 7.02. The van der Waals surface area contributed by atoms with Gasteiger partial charge in [-0.1, -0.05) is 0 Å². The number of likely N-dealkylation sites (tertiary alicyclic amines) is 1. The minimum Gasteiger partial charge on any atom is -0.478 e. The van der Waals surface area contributed by atoms with Gasteiger partial charge in [0.05, 0.1) is 5.54 Å². The van der Waals surface area contributed by atoms with Crippen LogP contribution in [-0.4, -0.2) is 77.4 Å². The highest BCUT2D eigenvalue weighted by molar-refractivity contribution is 5.89. The lowest BCUT2D eigenvalue weighted by Crippen LogP contribution is -2.40. The molecule has 0 aromatic heterocycles. The summed E-state index contributed by atoms with van der Waals surface area (Å²) in [6.45, 7) is 2.93. The fourth-order valence-electron chi connectivity index (χ4n) is 2.36. The summed E-state index contributed by atoms with van der Waals surface area (Å²) in [6, 6.07) is 0. The summed E-state index contributed by atoms with van der Waals surface area (Å²) in [4.78, 5) is 34.4. The van der Waals surface area contributed by atoms with Gasteiger partial charge >= 0.3 is 18.0 Å². The van der Waals surface area contributed by atoms with E-state index in [1.54, 1.807) is 14.1 Å². The first-order chi connectivity index (χ1) is 10.8. The number of carboxylic acids is 2. The van der Waals surface area contributed by atoms with Crippen LogP contribution in [0.3, 0.4) is 0 Å². The normalized spacial score (nSPS) is 18.9. The Hall–Kier alpha value is -2.09. The van der Waals surface area contributed by atoms with E-state index in [0.717, 1.165) is 0 Å². The Balaban J connectivity index is 0.000000284. The van der Waals surface area contributed by atoms with Gasteiger partial charge in [-0.25, -0.2) is 14.4 Å². The van der Waals surface area contributed by atoms with Gasteiger partial charge in [-0.3, -0.25) is 4.90 Å². The van der Waals surface area contributed by atoms with E-state index in [2.05, 4.69) is 4.90 Å². The van der Waals surface area contributed by atoms with E-state index in [1.807, 2.05) is 0 Å². The van der Waals surface area contributed by atoms with Crippen molar-refractivity contribution in [3.63, 3.8) is 0 Å². The third kappa shape index (κ3) is 6.68. The standard InChI is InChI=1S/C11H20N2O2.C4H4O4/c1-12(2)10(14)15-9-11(5-6-11)13-7-3-4-8-13;5-3(6)1-2-4(7)8/h3-9H2,1-2H3;1-2H,(H,5,6)(H,7,8)/b;2-1+. The lowest BCUT2D eigenvalue weighted by Gasteiger charge is -2.27. The fraction of sp³-hybridized carbons (Fsp3) is 0.667. The Morgan fingerprint density at radius 3 is 1.91 bits per heavy atom. The number of hydrogen-bond acceptors (Lipinski definition) is 5. The van der Waals surface area contributed by atoms with Gasteiger partial charge in [-0.15, -0.1) is 0 Å². The molecular weight excluding hydrogens is 304 g/mol. The van der Waals surface area contributed by atoms with Crippen LogP contribution in [0.1, 0.15) is 25.7 Å². The van der Waals surface area contributed by atoms with Crippen molar-refractivity contribution >= 4 is 18.0 Å². The van der Waals surface area contributed by atoms with E-state index < -0.39 is 11.9 Å². The molecule has 2 N–H and O–H groups in total. The van der Waals surface area contributed by atoms with E-state index in [-0.39, 0.29) is 11.6 Å². The number of carbonyl (C=O) groups is 3. The van der Waals surface area contributed by atoms with Crippen LogP contribution in [0.25, 0.3) is 0 Å². The van der Waals surface area contributed by atoms with E-state index in [9.17, 15) is 14.4 Å². The predicted molar refractivity (Wildman–Crippen MR) is 82.2 cm³/mol. The molecule has 1 saturated carbocycles. The lowest BCUT2D eigenvalue weighted by atomic mass is 10.2. The molecule has 130 valence electrons. The average molecular weight is 328 g/mol. The van der Waals surface area contributed by atoms with Crippen molar-refractivity contribution in [2.45, 2.75) is 31.2 Å². The zero-order valence-electron chi connectivity index (χ0n) is 13.5. The highest BCUT2D eigenvalue weighted by Crippen LogP contribution is 2.43. The van der Waals surface area contributed by atoms with Gasteiger partial charge in [0.1, 0.15) is 6.61 Å². The van der Waals surface area contributed by atoms with Gasteiger partial charge in [0.25, 0.3) is 0 Å². The Bertz CT molecular complexity index is 449. The molecule has 23 heavy (non-hydrogen) atoms. The third-order valence-electron chi connectivity index (χ3n) is 3.80. The van der Waals surface area contributed by atoms with Crippen molar-refractivity contribution in [1.29, 1.82) is 0 Å². The maximum Gasteiger partial charge on any atom is 0.409 e. The van der Waals surface area contributed by atoms with Crippen LogP contribution >= 0.6 is 0 Å². The molecule has 0 aromatic carbocycles. The molecule has 2 rings (SSSR count). The monoisotopic (exact) mass is 328 g/mol. The molecule has 0 atom stereocenters. The molecular formula is C15H24N2O6. The Labute approximate surface area is 135 Å². The van der Waals surface area contributed by atoms with Crippen molar-refractivity contribution in [1.82, 2.24) is 9.80 Å². The first-order valence-corrected chi connectivity index (χ1v) is 7.50. The first-order valence-electron chi connectivity index (χ1n) is 7.50. The summed E-state index contributed by atoms with van der Waals surface area (Å²) < 4.78 is 5.29. The number of nitrogens with zero attached hydrogens (tertiary/aromatic N) is 2. The van der Waals surface area contributed by atoms with Gasteiger partial charge in [0.2, 0.25) is 0 Å². The quantitative estimate of drug-likeness (QED) is 0.726. The van der Waals surface area contributed by atoms with Crippen molar-refractivity contribution in [2.24, 2.45) is 0 Å². The molecule has 0 radical (unpaired) electrons. The minimum atomic E-state index is -1.26. The number of aliphatic carboxylic acids is 2. The summed E-state index contributed by atoms with van der Waals surface area (Å²) in [5.41, 5.74) is 0.210. The van der Waals surface area contributed by atoms with Gasteiger partial charge in [0, 0.05) is 26.2 Å². The smallest absolute Gasteiger partial charge is 0.409 e. The SMILES string of the molecule is CN(C)C(=O)OCC1(N2CCCC2)CC1.O=C(O)/C=C/C(=O)O. The van der Waals surface area contributed by atoms with Crippen LogP contribution < -0.4 is 0 Å². The first kappa shape index (κ1) is 19.0. The fourth-order valence-corrected chi connectivity index (χ4v) is 2.36. The topological polar surface area (TPSA) is 107 Å². The van der Waals surface area contributed by atoms with Crippen molar-refractivity contribution in [3.05, 3.63) is 12.2 Å². The predicted octanol–water partition coefficient (Wildman–Crippen LogP) is 1.02. The number of amides is 1. The van der Waals surface area contributed by atoms with Crippen LogP contribution in [0.4, 0.5) is 4.79 Å². The minimum absolute atomic E-state index is 0.210. The molecule has 8 nitrogen and oxygen atoms in total. The van der Waals surface area contributed by atoms with Gasteiger partial charge < -0.3 is 19.8 Å². The second kappa shape index (κ2) is 8.52. The summed E-state index contributed by atoms with van der Waals surface area (Å²) in [5, 5.41) is 15.6. The molecule has 2 aliphatic rings. The summed E-state index contributed by atoms with van der Waals surface area (Å²) >= 11 is 0. The second-order valence-corrected chi connectivity index (χ2v) is 5.88. The Morgan fingerprint density at radius 1 is 1.09 bits per heavy atom. The number of ether oxygens (including phenoxy) is 1. The van der Waals surface area contributed by atoms with Gasteiger partial charge in [-0.2, -0.15) is 0 Å². The molecule has 0 unspecified atom stereocenters. The molecule has 1 aliphatic heterocycles. The highest BCUT2D eigenvalue weighted by atomic mass is 16.6. The molecule has 0 bridgehead atoms. The highest BCUT2D eigenvalue weighted by Gasteiger charge is 2.49. The van der Waals surface area contributed by atoms with E-state index in [1.165, 1.54) is 43.7 Å². The maximum absolute atomic E-state index is 11.3. The molecule has 8 heteroatoms. The largest absolute Gasteiger partial charge is 0.478 e. The van der Waals surface area contributed by atoms with E-state index in [0.29, 0.717) is 18.8 Å². The molecule has 2 fully saturated rings. The van der Waals surface area contributed by atoms with Gasteiger partial charge in [0.15, 0.2) is 0 Å². The molecule has 1 saturated heterocycles. The van der Waals surface area contributed by atoms with Gasteiger partial charge in [-0.05, 0) is 38.8 Å². The van der Waals surface area contributed by atoms with E-state index >= 15 is 0 Å². The van der Waals surface area contributed by atoms with Crippen LogP contribution in [-0.2, 0) is 14.3 Å². The van der Waals surface area contributed by atoms with Crippen LogP contribution in [0.15, 0.2) is 12.2 Å². The third-order valence-corrected chi connectivity index (χ3v) is 3.80. The van der Waals surface area contributed by atoms with Crippen molar-refractivity contribution in [3.8, 4) is 0 Å². The van der Waals surface area contributed by atoms with Crippen LogP contribution in [0.5, 0.6) is 0 Å². The molecule has 1 heterocycles. The average Bonchev–Trinajstić information content (AvgIpc) is 3.06. The number of rotatable bonds is 5. The summed E-state index contributed by atoms with van der Waals surface area (Å²) in [6.07, 6.45) is 5.86. The number of carbonyl (C=O) groups excluding carboxylic acids is 1. The van der Waals surface area contributed by atoms with Crippen LogP contribution in [0.2, 0.25) is 0 Å². The zero-order chi connectivity index (χ0) is 17.5. The number of hydrogen-bond donors (Lipinski definition) is 2. The second-order valence-electron chi connectivity index (χ2n) is 5.88. The van der Waals surface area contributed by atoms with Crippen molar-refractivity contribution < 1.29 is 29.3 Å². The molecule has 0 aromatic rings. The van der Waals surface area contributed by atoms with Crippen molar-refractivity contribution in [2.75, 3.05) is 33.8 Å². The summed E-state index contributed by atoms with van der Waals surface area (Å²) in [5.74, 6) is -2.51. The number of carboxylic acid groups (broad SMARTS) is 2. The molecule has 1 amide bonds. The van der Waals surface area contributed by atoms with Crippen LogP contribution in [0, 0.1) is 0 Å². The maximum atomic E-state index is 11.3. The van der Waals surface area contributed by atoms with E-state index in [4.69, 9.17) is 14.9 Å². The zero-order valence-corrected chi connectivity index (χ0v) is 13.5. The summed E-state index contributed by atoms with van der Waals surface area (Å²) in [7, 11) is 3.44. The Morgan fingerprint density at radius 2 is 1.57 bits per heavy atom.